The molecule has 0 unspecified atom stereocenters. The lowest BCUT2D eigenvalue weighted by Gasteiger charge is -2.11. The molecule has 0 radical (unpaired) electrons. The topological polar surface area (TPSA) is 66.5 Å². The Morgan fingerprint density at radius 3 is 2.69 bits per heavy atom. The van der Waals surface area contributed by atoms with Gasteiger partial charge in [0, 0.05) is 18.0 Å². The highest BCUT2D eigenvalue weighted by Gasteiger charge is 2.20. The number of halogens is 1. The molecule has 0 aliphatic carbocycles. The fourth-order valence-electron chi connectivity index (χ4n) is 2.83. The number of nitrogens with one attached hydrogen (secondary N) is 2. The summed E-state index contributed by atoms with van der Waals surface area (Å²) in [6, 6.07) is 3.80. The minimum atomic E-state index is -0.226. The van der Waals surface area contributed by atoms with Crippen LogP contribution < -0.4 is 5.32 Å². The van der Waals surface area contributed by atoms with Gasteiger partial charge in [0.1, 0.15) is 16.2 Å². The Labute approximate surface area is 159 Å². The lowest BCUT2D eigenvalue weighted by atomic mass is 10.00. The van der Waals surface area contributed by atoms with Crippen molar-refractivity contribution in [3.05, 3.63) is 29.7 Å². The van der Waals surface area contributed by atoms with E-state index in [9.17, 15) is 4.39 Å². The van der Waals surface area contributed by atoms with Gasteiger partial charge < -0.3 is 5.32 Å². The first kappa shape index (κ1) is 18.6. The molecule has 0 spiro atoms. The molecule has 1 aromatic carbocycles. The van der Waals surface area contributed by atoms with Crippen LogP contribution in [0, 0.1) is 12.7 Å². The first-order valence-corrected chi connectivity index (χ1v) is 10.3. The minimum absolute atomic E-state index is 0.226. The maximum absolute atomic E-state index is 14.8. The van der Waals surface area contributed by atoms with E-state index >= 15 is 0 Å². The molecule has 0 fully saturated rings. The number of thioether (sulfide) groups is 1. The lowest BCUT2D eigenvalue weighted by Crippen LogP contribution is -1.95. The largest absolute Gasteiger partial charge is 0.365 e. The van der Waals surface area contributed by atoms with Crippen LogP contribution >= 0.6 is 23.1 Å². The van der Waals surface area contributed by atoms with Gasteiger partial charge in [-0.2, -0.15) is 5.10 Å². The Hall–Kier alpha value is -2.19. The summed E-state index contributed by atoms with van der Waals surface area (Å²) < 4.78 is 14.8. The van der Waals surface area contributed by atoms with Crippen molar-refractivity contribution in [3.63, 3.8) is 0 Å². The van der Waals surface area contributed by atoms with E-state index in [0.29, 0.717) is 16.0 Å². The molecule has 3 heterocycles. The Balaban J connectivity index is 0.000000948. The van der Waals surface area contributed by atoms with Gasteiger partial charge in [-0.3, -0.25) is 5.10 Å². The quantitative estimate of drug-likeness (QED) is 0.455. The number of hydrogen-bond acceptors (Lipinski definition) is 6. The molecule has 5 nitrogen and oxygen atoms in total. The summed E-state index contributed by atoms with van der Waals surface area (Å²) in [6.07, 6.45) is 3.59. The van der Waals surface area contributed by atoms with Gasteiger partial charge in [0.15, 0.2) is 5.13 Å². The van der Waals surface area contributed by atoms with E-state index in [2.05, 4.69) is 20.5 Å². The standard InChI is InChI=1S/C16H14FN5S2.C2H6/c1-7-11(8-6-19-22-13(8)14(23-3)12(7)17)9-4-5-10-15(20-9)24-16(18-2)21-10;1-2/h4-6H,1-3H3,(H,18,21)(H,19,22);1-2H3. The number of anilines is 1. The predicted molar refractivity (Wildman–Crippen MR) is 110 cm³/mol. The van der Waals surface area contributed by atoms with Gasteiger partial charge in [-0.25, -0.2) is 14.4 Å². The van der Waals surface area contributed by atoms with Crippen molar-refractivity contribution in [1.82, 2.24) is 20.2 Å². The van der Waals surface area contributed by atoms with Gasteiger partial charge >= 0.3 is 0 Å². The number of pyridine rings is 1. The zero-order valence-corrected chi connectivity index (χ0v) is 16.9. The number of nitrogens with zero attached hydrogens (tertiary/aromatic N) is 3. The average molecular weight is 390 g/mol. The highest BCUT2D eigenvalue weighted by atomic mass is 32.2. The third-order valence-electron chi connectivity index (χ3n) is 3.97. The van der Waals surface area contributed by atoms with Crippen molar-refractivity contribution in [1.29, 1.82) is 0 Å². The molecular weight excluding hydrogens is 369 g/mol. The molecule has 0 saturated carbocycles. The van der Waals surface area contributed by atoms with E-state index in [1.54, 1.807) is 13.1 Å². The Kier molecular flexibility index (Phi) is 5.43. The first-order chi connectivity index (χ1) is 12.6. The molecular formula is C18H20FN5S2. The van der Waals surface area contributed by atoms with Crippen molar-refractivity contribution in [2.45, 2.75) is 25.7 Å². The lowest BCUT2D eigenvalue weighted by molar-refractivity contribution is 0.596. The molecule has 4 rings (SSSR count). The van der Waals surface area contributed by atoms with Gasteiger partial charge in [-0.15, -0.1) is 11.8 Å². The van der Waals surface area contributed by atoms with Crippen LogP contribution in [0.2, 0.25) is 0 Å². The molecule has 8 heteroatoms. The second-order valence-electron chi connectivity index (χ2n) is 5.30. The van der Waals surface area contributed by atoms with Crippen molar-refractivity contribution >= 4 is 49.5 Å². The summed E-state index contributed by atoms with van der Waals surface area (Å²) in [4.78, 5) is 10.5. The number of hydrogen-bond donors (Lipinski definition) is 2. The van der Waals surface area contributed by atoms with Crippen LogP contribution in [0.1, 0.15) is 19.4 Å². The number of thiazole rings is 1. The van der Waals surface area contributed by atoms with Crippen LogP contribution in [0.4, 0.5) is 9.52 Å². The molecule has 136 valence electrons. The Morgan fingerprint density at radius 1 is 1.23 bits per heavy atom. The van der Waals surface area contributed by atoms with Crippen LogP contribution in [-0.2, 0) is 0 Å². The molecule has 2 N–H and O–H groups in total. The Morgan fingerprint density at radius 2 is 2.00 bits per heavy atom. The normalized spacial score (nSPS) is 10.8. The number of fused-ring (bicyclic) bond motifs is 2. The number of aromatic nitrogens is 4. The summed E-state index contributed by atoms with van der Waals surface area (Å²) in [7, 11) is 1.83. The van der Waals surface area contributed by atoms with Crippen LogP contribution in [-0.4, -0.2) is 33.5 Å². The third-order valence-corrected chi connectivity index (χ3v) is 5.74. The molecule has 4 aromatic rings. The monoisotopic (exact) mass is 389 g/mol. The maximum Gasteiger partial charge on any atom is 0.185 e. The van der Waals surface area contributed by atoms with Gasteiger partial charge in [0.25, 0.3) is 0 Å². The molecule has 0 bridgehead atoms. The average Bonchev–Trinajstić information content (AvgIpc) is 3.30. The van der Waals surface area contributed by atoms with E-state index < -0.39 is 0 Å². The summed E-state index contributed by atoms with van der Waals surface area (Å²) in [6.45, 7) is 5.79. The summed E-state index contributed by atoms with van der Waals surface area (Å²) in [5, 5.41) is 11.7. The molecule has 0 saturated heterocycles. The van der Waals surface area contributed by atoms with Gasteiger partial charge in [0.05, 0.1) is 22.3 Å². The number of aromatic amines is 1. The minimum Gasteiger partial charge on any atom is -0.365 e. The van der Waals surface area contributed by atoms with Crippen molar-refractivity contribution in [3.8, 4) is 11.3 Å². The van der Waals surface area contributed by atoms with E-state index in [-0.39, 0.29) is 5.82 Å². The summed E-state index contributed by atoms with van der Waals surface area (Å²) in [5.41, 5.74) is 3.62. The van der Waals surface area contributed by atoms with Crippen LogP contribution in [0.25, 0.3) is 32.5 Å². The third kappa shape index (κ3) is 2.93. The van der Waals surface area contributed by atoms with Crippen molar-refractivity contribution < 1.29 is 4.39 Å². The van der Waals surface area contributed by atoms with E-state index in [1.165, 1.54) is 23.1 Å². The summed E-state index contributed by atoms with van der Waals surface area (Å²) in [5.74, 6) is -0.226. The zero-order valence-electron chi connectivity index (χ0n) is 15.3. The van der Waals surface area contributed by atoms with Crippen LogP contribution in [0.15, 0.2) is 23.2 Å². The molecule has 0 aliphatic rings. The van der Waals surface area contributed by atoms with Crippen LogP contribution in [0.3, 0.4) is 0 Å². The van der Waals surface area contributed by atoms with E-state index in [0.717, 1.165) is 32.1 Å². The fraction of sp³-hybridized carbons (Fsp3) is 0.278. The first-order valence-electron chi connectivity index (χ1n) is 8.29. The second-order valence-corrected chi connectivity index (χ2v) is 7.09. The molecule has 0 aliphatic heterocycles. The second kappa shape index (κ2) is 7.59. The Bertz CT molecular complexity index is 1070. The van der Waals surface area contributed by atoms with Crippen LogP contribution in [0.5, 0.6) is 0 Å². The fourth-order valence-corrected chi connectivity index (χ4v) is 4.31. The van der Waals surface area contributed by atoms with Crippen molar-refractivity contribution in [2.75, 3.05) is 18.6 Å². The van der Waals surface area contributed by atoms with Crippen molar-refractivity contribution in [2.24, 2.45) is 0 Å². The maximum atomic E-state index is 14.8. The molecule has 0 amide bonds. The van der Waals surface area contributed by atoms with E-state index in [1.807, 2.05) is 39.3 Å². The van der Waals surface area contributed by atoms with Gasteiger partial charge in [-0.05, 0) is 30.9 Å². The molecule has 26 heavy (non-hydrogen) atoms. The number of benzene rings is 1. The highest BCUT2D eigenvalue weighted by Crippen LogP contribution is 2.39. The smallest absolute Gasteiger partial charge is 0.185 e. The van der Waals surface area contributed by atoms with E-state index in [4.69, 9.17) is 4.98 Å². The summed E-state index contributed by atoms with van der Waals surface area (Å²) >= 11 is 2.85. The molecule has 3 aromatic heterocycles. The SMILES string of the molecule is CC.CNc1nc2ccc(-c3c(C)c(F)c(SC)c4[nH]ncc34)nc2s1. The van der Waals surface area contributed by atoms with Gasteiger partial charge in [0.2, 0.25) is 0 Å². The molecule has 0 atom stereocenters. The highest BCUT2D eigenvalue weighted by molar-refractivity contribution is 7.98. The number of rotatable bonds is 3. The zero-order chi connectivity index (χ0) is 18.8. The van der Waals surface area contributed by atoms with Gasteiger partial charge in [-0.1, -0.05) is 25.2 Å². The predicted octanol–water partition coefficient (Wildman–Crippen LogP) is 5.47. The number of H-pyrrole nitrogens is 1.